The summed E-state index contributed by atoms with van der Waals surface area (Å²) in [7, 11) is 1.58. The number of hydrogen-bond donors (Lipinski definition) is 1. The Kier molecular flexibility index (Phi) is 8.07. The lowest BCUT2D eigenvalue weighted by Crippen LogP contribution is -2.44. The molecule has 1 fully saturated rings. The van der Waals surface area contributed by atoms with Crippen LogP contribution in [0.15, 0.2) is 77.7 Å². The van der Waals surface area contributed by atoms with Gasteiger partial charge >= 0.3 is 0 Å². The van der Waals surface area contributed by atoms with Crippen molar-refractivity contribution in [3.63, 3.8) is 0 Å². The van der Waals surface area contributed by atoms with Gasteiger partial charge in [-0.25, -0.2) is 0 Å². The van der Waals surface area contributed by atoms with Gasteiger partial charge in [0.05, 0.1) is 29.2 Å². The van der Waals surface area contributed by atoms with Crippen molar-refractivity contribution in [3.8, 4) is 11.5 Å². The van der Waals surface area contributed by atoms with E-state index in [1.165, 1.54) is 5.56 Å². The van der Waals surface area contributed by atoms with E-state index in [2.05, 4.69) is 5.43 Å². The maximum absolute atomic E-state index is 13.0. The first-order chi connectivity index (χ1) is 17.0. The van der Waals surface area contributed by atoms with Crippen molar-refractivity contribution in [2.45, 2.75) is 6.42 Å². The van der Waals surface area contributed by atoms with Crippen molar-refractivity contribution in [1.29, 1.82) is 0 Å². The molecular formula is C26H21ClN2O4S2. The second kappa shape index (κ2) is 11.4. The predicted molar refractivity (Wildman–Crippen MR) is 143 cm³/mol. The summed E-state index contributed by atoms with van der Waals surface area (Å²) >= 11 is 12.5. The van der Waals surface area contributed by atoms with E-state index < -0.39 is 11.8 Å². The molecule has 3 aromatic rings. The second-order valence-electron chi connectivity index (χ2n) is 7.43. The fraction of sp³-hybridized carbons (Fsp3) is 0.115. The van der Waals surface area contributed by atoms with Gasteiger partial charge in [0.25, 0.3) is 11.8 Å². The number of nitrogens with zero attached hydrogens (tertiary/aromatic N) is 1. The fourth-order valence-electron chi connectivity index (χ4n) is 3.34. The van der Waals surface area contributed by atoms with Crippen molar-refractivity contribution in [3.05, 3.63) is 99.4 Å². The highest BCUT2D eigenvalue weighted by Gasteiger charge is 2.34. The maximum atomic E-state index is 13.0. The number of thiocarbonyl (C=S) groups is 1. The summed E-state index contributed by atoms with van der Waals surface area (Å²) in [5.41, 5.74) is 4.69. The first-order valence-electron chi connectivity index (χ1n) is 10.6. The fourth-order valence-corrected chi connectivity index (χ4v) is 4.74. The molecule has 0 spiro atoms. The van der Waals surface area contributed by atoms with E-state index in [1.807, 2.05) is 36.4 Å². The summed E-state index contributed by atoms with van der Waals surface area (Å²) in [6.45, 7) is 0.472. The van der Waals surface area contributed by atoms with Gasteiger partial charge in [-0.2, -0.15) is 5.01 Å². The van der Waals surface area contributed by atoms with Gasteiger partial charge in [-0.15, -0.1) is 0 Å². The van der Waals surface area contributed by atoms with Crippen molar-refractivity contribution in [2.75, 3.05) is 13.7 Å². The van der Waals surface area contributed by atoms with Crippen LogP contribution in [-0.2, 0) is 11.2 Å². The number of thioether (sulfide) groups is 1. The topological polar surface area (TPSA) is 67.9 Å². The number of hydrazine groups is 1. The number of amides is 2. The lowest BCUT2D eigenvalue weighted by molar-refractivity contribution is -0.123. The Morgan fingerprint density at radius 1 is 1.09 bits per heavy atom. The minimum absolute atomic E-state index is 0.217. The van der Waals surface area contributed by atoms with Gasteiger partial charge in [-0.1, -0.05) is 71.9 Å². The summed E-state index contributed by atoms with van der Waals surface area (Å²) in [6, 6.07) is 22.0. The van der Waals surface area contributed by atoms with E-state index in [9.17, 15) is 9.59 Å². The van der Waals surface area contributed by atoms with E-state index in [1.54, 1.807) is 49.6 Å². The van der Waals surface area contributed by atoms with Gasteiger partial charge in [0, 0.05) is 6.42 Å². The number of methoxy groups -OCH3 is 1. The zero-order valence-corrected chi connectivity index (χ0v) is 21.1. The molecule has 3 aromatic carbocycles. The summed E-state index contributed by atoms with van der Waals surface area (Å²) in [6.07, 6.45) is 2.45. The maximum Gasteiger partial charge on any atom is 0.285 e. The average molecular weight is 525 g/mol. The number of carbonyl (C=O) groups excluding carboxylic acids is 2. The summed E-state index contributed by atoms with van der Waals surface area (Å²) in [5.74, 6) is 0.212. The van der Waals surface area contributed by atoms with Crippen LogP contribution in [0.4, 0.5) is 0 Å². The zero-order chi connectivity index (χ0) is 24.8. The SMILES string of the molecule is COc1ccc(/C=C2\SC(=S)N(NC(=O)c3ccccc3Cl)C2=O)cc1OCCc1ccccc1. The Hall–Kier alpha value is -3.33. The molecule has 0 unspecified atom stereocenters. The minimum atomic E-state index is -0.522. The molecule has 35 heavy (non-hydrogen) atoms. The largest absolute Gasteiger partial charge is 0.493 e. The summed E-state index contributed by atoms with van der Waals surface area (Å²) in [4.78, 5) is 25.9. The highest BCUT2D eigenvalue weighted by Crippen LogP contribution is 2.34. The van der Waals surface area contributed by atoms with Crippen molar-refractivity contribution < 1.29 is 19.1 Å². The second-order valence-corrected chi connectivity index (χ2v) is 9.52. The Morgan fingerprint density at radius 2 is 1.83 bits per heavy atom. The van der Waals surface area contributed by atoms with Gasteiger partial charge < -0.3 is 9.47 Å². The van der Waals surface area contributed by atoms with Crippen LogP contribution >= 0.6 is 35.6 Å². The van der Waals surface area contributed by atoms with Gasteiger partial charge in [0.2, 0.25) is 0 Å². The molecule has 1 aliphatic heterocycles. The standard InChI is InChI=1S/C26H21ClN2O4S2/c1-32-21-12-11-18(15-22(21)33-14-13-17-7-3-2-4-8-17)16-23-25(31)29(26(34)35-23)28-24(30)19-9-5-6-10-20(19)27/h2-12,15-16H,13-14H2,1H3,(H,28,30)/b23-16-. The predicted octanol–water partition coefficient (Wildman–Crippen LogP) is 5.52. The van der Waals surface area contributed by atoms with Crippen LogP contribution in [0.5, 0.6) is 11.5 Å². The van der Waals surface area contributed by atoms with Crippen LogP contribution in [0.1, 0.15) is 21.5 Å². The monoisotopic (exact) mass is 524 g/mol. The van der Waals surface area contributed by atoms with Crippen molar-refractivity contribution in [1.82, 2.24) is 10.4 Å². The third-order valence-electron chi connectivity index (χ3n) is 5.10. The molecule has 2 amide bonds. The van der Waals surface area contributed by atoms with Gasteiger partial charge in [-0.3, -0.25) is 15.0 Å². The molecule has 0 atom stereocenters. The smallest absolute Gasteiger partial charge is 0.285 e. The molecular weight excluding hydrogens is 504 g/mol. The van der Waals surface area contributed by atoms with Crippen molar-refractivity contribution >= 4 is 57.8 Å². The van der Waals surface area contributed by atoms with Crippen LogP contribution in [0.2, 0.25) is 5.02 Å². The van der Waals surface area contributed by atoms with Crippen molar-refractivity contribution in [2.24, 2.45) is 0 Å². The van der Waals surface area contributed by atoms with Gasteiger partial charge in [0.15, 0.2) is 15.8 Å². The minimum Gasteiger partial charge on any atom is -0.493 e. The molecule has 1 saturated heterocycles. The molecule has 178 valence electrons. The molecule has 0 radical (unpaired) electrons. The Morgan fingerprint density at radius 3 is 2.57 bits per heavy atom. The average Bonchev–Trinajstić information content (AvgIpc) is 3.12. The number of carbonyl (C=O) groups is 2. The summed E-state index contributed by atoms with van der Waals surface area (Å²) in [5, 5.41) is 1.34. The molecule has 0 saturated carbocycles. The van der Waals surface area contributed by atoms with E-state index in [0.29, 0.717) is 23.0 Å². The highest BCUT2D eigenvalue weighted by molar-refractivity contribution is 8.26. The van der Waals surface area contributed by atoms with E-state index >= 15 is 0 Å². The van der Waals surface area contributed by atoms with Crippen LogP contribution in [-0.4, -0.2) is 34.9 Å². The van der Waals surface area contributed by atoms with Crippen LogP contribution < -0.4 is 14.9 Å². The number of ether oxygens (including phenoxy) is 2. The van der Waals surface area contributed by atoms with Gasteiger partial charge in [-0.05, 0) is 53.7 Å². The molecule has 0 aromatic heterocycles. The third-order valence-corrected chi connectivity index (χ3v) is 6.73. The molecule has 0 aliphatic carbocycles. The molecule has 1 N–H and O–H groups in total. The summed E-state index contributed by atoms with van der Waals surface area (Å²) < 4.78 is 11.6. The van der Waals surface area contributed by atoms with E-state index in [-0.39, 0.29) is 14.9 Å². The molecule has 4 rings (SSSR count). The third kappa shape index (κ3) is 6.03. The Labute approximate surface area is 217 Å². The first-order valence-corrected chi connectivity index (χ1v) is 12.2. The number of halogens is 1. The van der Waals surface area contributed by atoms with Crippen LogP contribution in [0, 0.1) is 0 Å². The van der Waals surface area contributed by atoms with Gasteiger partial charge in [0.1, 0.15) is 0 Å². The molecule has 6 nitrogen and oxygen atoms in total. The normalized spacial score (nSPS) is 14.3. The number of benzene rings is 3. The zero-order valence-electron chi connectivity index (χ0n) is 18.7. The lowest BCUT2D eigenvalue weighted by Gasteiger charge is -2.16. The lowest BCUT2D eigenvalue weighted by atomic mass is 10.1. The molecule has 1 heterocycles. The van der Waals surface area contributed by atoms with Crippen LogP contribution in [0.25, 0.3) is 6.08 Å². The number of rotatable bonds is 8. The van der Waals surface area contributed by atoms with Crippen LogP contribution in [0.3, 0.4) is 0 Å². The quantitative estimate of drug-likeness (QED) is 0.309. The molecule has 1 aliphatic rings. The highest BCUT2D eigenvalue weighted by atomic mass is 35.5. The Balaban J connectivity index is 1.47. The molecule has 0 bridgehead atoms. The first kappa shape index (κ1) is 24.8. The number of nitrogens with one attached hydrogen (secondary N) is 1. The van der Waals surface area contributed by atoms with E-state index in [0.717, 1.165) is 28.8 Å². The molecule has 9 heteroatoms. The number of hydrogen-bond acceptors (Lipinski definition) is 6. The Bertz CT molecular complexity index is 1300. The van der Waals surface area contributed by atoms with E-state index in [4.69, 9.17) is 33.3 Å².